The highest BCUT2D eigenvalue weighted by Crippen LogP contribution is 2.32. The van der Waals surface area contributed by atoms with Crippen molar-refractivity contribution in [1.29, 1.82) is 0 Å². The van der Waals surface area contributed by atoms with Gasteiger partial charge in [-0.05, 0) is 38.2 Å². The van der Waals surface area contributed by atoms with E-state index in [-0.39, 0.29) is 17.7 Å². The molecular formula is C20H26N2O5. The first-order valence-corrected chi connectivity index (χ1v) is 9.26. The van der Waals surface area contributed by atoms with E-state index in [0.717, 1.165) is 40.9 Å². The molecule has 146 valence electrons. The van der Waals surface area contributed by atoms with Crippen LogP contribution in [0.2, 0.25) is 0 Å². The summed E-state index contributed by atoms with van der Waals surface area (Å²) in [6.45, 7) is 0.572. The van der Waals surface area contributed by atoms with Crippen LogP contribution >= 0.6 is 0 Å². The number of carboxylic acids is 1. The fraction of sp³-hybridized carbons (Fsp3) is 0.500. The Bertz CT molecular complexity index is 829. The molecule has 7 nitrogen and oxygen atoms in total. The lowest BCUT2D eigenvalue weighted by Gasteiger charge is -2.10. The van der Waals surface area contributed by atoms with Gasteiger partial charge in [0.25, 0.3) is 0 Å². The monoisotopic (exact) mass is 374 g/mol. The van der Waals surface area contributed by atoms with Crippen LogP contribution in [-0.2, 0) is 16.0 Å². The second-order valence-corrected chi connectivity index (χ2v) is 7.03. The summed E-state index contributed by atoms with van der Waals surface area (Å²) in [5.74, 6) is 0.124. The van der Waals surface area contributed by atoms with Crippen molar-refractivity contribution in [3.63, 3.8) is 0 Å². The van der Waals surface area contributed by atoms with Crippen LogP contribution in [0.3, 0.4) is 0 Å². The van der Waals surface area contributed by atoms with Gasteiger partial charge in [0.15, 0.2) is 0 Å². The molecule has 2 aromatic rings. The van der Waals surface area contributed by atoms with Gasteiger partial charge in [-0.1, -0.05) is 0 Å². The number of benzene rings is 1. The van der Waals surface area contributed by atoms with E-state index in [4.69, 9.17) is 14.6 Å². The van der Waals surface area contributed by atoms with E-state index >= 15 is 0 Å². The number of carbonyl (C=O) groups is 2. The number of aryl methyl sites for hydroxylation is 1. The van der Waals surface area contributed by atoms with Gasteiger partial charge in [-0.25, -0.2) is 0 Å². The van der Waals surface area contributed by atoms with E-state index in [1.807, 2.05) is 12.1 Å². The summed E-state index contributed by atoms with van der Waals surface area (Å²) in [5.41, 5.74) is 2.02. The van der Waals surface area contributed by atoms with Gasteiger partial charge in [-0.2, -0.15) is 0 Å². The maximum Gasteiger partial charge on any atom is 0.306 e. The van der Waals surface area contributed by atoms with E-state index in [2.05, 4.69) is 16.4 Å². The largest absolute Gasteiger partial charge is 0.497 e. The summed E-state index contributed by atoms with van der Waals surface area (Å²) in [6.07, 6.45) is 3.29. The van der Waals surface area contributed by atoms with Crippen molar-refractivity contribution >= 4 is 22.8 Å². The molecule has 0 unspecified atom stereocenters. The normalized spacial score (nSPS) is 19.2. The predicted molar refractivity (Wildman–Crippen MR) is 101 cm³/mol. The zero-order chi connectivity index (χ0) is 19.4. The lowest BCUT2D eigenvalue weighted by atomic mass is 10.0. The molecule has 7 heteroatoms. The van der Waals surface area contributed by atoms with Crippen molar-refractivity contribution in [1.82, 2.24) is 10.3 Å². The first-order valence-electron chi connectivity index (χ1n) is 9.26. The molecule has 0 saturated heterocycles. The number of nitrogens with one attached hydrogen (secondary N) is 2. The topological polar surface area (TPSA) is 101 Å². The summed E-state index contributed by atoms with van der Waals surface area (Å²) in [5, 5.41) is 13.0. The lowest BCUT2D eigenvalue weighted by molar-refractivity contribution is -0.141. The van der Waals surface area contributed by atoms with Crippen molar-refractivity contribution in [2.75, 3.05) is 20.8 Å². The van der Waals surface area contributed by atoms with E-state index < -0.39 is 5.97 Å². The van der Waals surface area contributed by atoms with Gasteiger partial charge in [0.2, 0.25) is 5.91 Å². The molecule has 1 aliphatic carbocycles. The second-order valence-electron chi connectivity index (χ2n) is 7.03. The van der Waals surface area contributed by atoms with Crippen LogP contribution in [0.5, 0.6) is 11.5 Å². The molecule has 3 N–H and O–H groups in total. The van der Waals surface area contributed by atoms with Crippen LogP contribution in [0.25, 0.3) is 10.9 Å². The van der Waals surface area contributed by atoms with Crippen molar-refractivity contribution in [3.8, 4) is 11.5 Å². The zero-order valence-electron chi connectivity index (χ0n) is 15.7. The van der Waals surface area contributed by atoms with Gasteiger partial charge in [-0.15, -0.1) is 0 Å². The van der Waals surface area contributed by atoms with E-state index in [0.29, 0.717) is 25.8 Å². The maximum atomic E-state index is 12.2. The molecule has 1 amide bonds. The third kappa shape index (κ3) is 4.35. The van der Waals surface area contributed by atoms with Crippen LogP contribution in [0, 0.1) is 11.8 Å². The molecule has 1 heterocycles. The van der Waals surface area contributed by atoms with Gasteiger partial charge in [0.05, 0.1) is 25.7 Å². The highest BCUT2D eigenvalue weighted by molar-refractivity contribution is 5.88. The number of aromatic amines is 1. The van der Waals surface area contributed by atoms with Gasteiger partial charge >= 0.3 is 5.97 Å². The number of hydrogen-bond acceptors (Lipinski definition) is 4. The fourth-order valence-electron chi connectivity index (χ4n) is 3.74. The Balaban J connectivity index is 1.51. The zero-order valence-corrected chi connectivity index (χ0v) is 15.7. The number of methoxy groups -OCH3 is 2. The molecule has 1 aliphatic rings. The molecule has 1 aromatic heterocycles. The summed E-state index contributed by atoms with van der Waals surface area (Å²) in [6, 6.07) is 5.85. The number of carboxylic acid groups (broad SMARTS) is 1. The van der Waals surface area contributed by atoms with E-state index in [9.17, 15) is 9.59 Å². The highest BCUT2D eigenvalue weighted by Gasteiger charge is 2.33. The van der Waals surface area contributed by atoms with Crippen LogP contribution in [0.4, 0.5) is 0 Å². The van der Waals surface area contributed by atoms with Crippen molar-refractivity contribution in [2.45, 2.75) is 32.1 Å². The van der Waals surface area contributed by atoms with E-state index in [1.54, 1.807) is 14.2 Å². The number of carbonyl (C=O) groups excluding carboxylic acids is 1. The van der Waals surface area contributed by atoms with Gasteiger partial charge in [0, 0.05) is 35.7 Å². The third-order valence-corrected chi connectivity index (χ3v) is 5.26. The standard InChI is InChI=1S/C20H26N2O5/c1-26-15-10-17-16(18(11-15)27-2)9-14(22-17)4-3-7-21-19(23)12-5-6-13(8-12)20(24)25/h9-13,22H,3-8H2,1-2H3,(H,21,23)(H,24,25)/t12-,13+/m1/s1. The van der Waals surface area contributed by atoms with Gasteiger partial charge in [0.1, 0.15) is 11.5 Å². The third-order valence-electron chi connectivity index (χ3n) is 5.26. The molecule has 27 heavy (non-hydrogen) atoms. The molecule has 2 atom stereocenters. The molecule has 1 fully saturated rings. The van der Waals surface area contributed by atoms with Gasteiger partial charge < -0.3 is 24.9 Å². The molecule has 0 radical (unpaired) electrons. The number of aliphatic carboxylic acids is 1. The number of ether oxygens (including phenoxy) is 2. The predicted octanol–water partition coefficient (Wildman–Crippen LogP) is 2.73. The Kier molecular flexibility index (Phi) is 5.88. The lowest BCUT2D eigenvalue weighted by Crippen LogP contribution is -2.30. The summed E-state index contributed by atoms with van der Waals surface area (Å²) in [7, 11) is 3.25. The average Bonchev–Trinajstić information content (AvgIpc) is 3.31. The van der Waals surface area contributed by atoms with Crippen molar-refractivity contribution in [2.24, 2.45) is 11.8 Å². The fourth-order valence-corrected chi connectivity index (χ4v) is 3.74. The molecule has 1 aromatic carbocycles. The minimum atomic E-state index is -0.795. The maximum absolute atomic E-state index is 12.2. The van der Waals surface area contributed by atoms with Crippen LogP contribution in [-0.4, -0.2) is 42.7 Å². The molecule has 1 saturated carbocycles. The minimum absolute atomic E-state index is 0.0261. The quantitative estimate of drug-likeness (QED) is 0.617. The first-order chi connectivity index (χ1) is 13.0. The SMILES string of the molecule is COc1cc(OC)c2cc(CCCNC(=O)[C@@H]3CC[C@H](C(=O)O)C3)[nH]c2c1. The summed E-state index contributed by atoms with van der Waals surface area (Å²) in [4.78, 5) is 26.5. The Morgan fingerprint density at radius 3 is 2.63 bits per heavy atom. The number of fused-ring (bicyclic) bond motifs is 1. The molecule has 3 rings (SSSR count). The summed E-state index contributed by atoms with van der Waals surface area (Å²) < 4.78 is 10.7. The first kappa shape index (κ1) is 19.1. The summed E-state index contributed by atoms with van der Waals surface area (Å²) >= 11 is 0. The molecule has 0 aliphatic heterocycles. The molecule has 0 spiro atoms. The minimum Gasteiger partial charge on any atom is -0.497 e. The van der Waals surface area contributed by atoms with Gasteiger partial charge in [-0.3, -0.25) is 9.59 Å². The number of H-pyrrole nitrogens is 1. The Labute approximate surface area is 158 Å². The Hall–Kier alpha value is -2.70. The number of aromatic nitrogens is 1. The number of rotatable bonds is 8. The molecule has 0 bridgehead atoms. The van der Waals surface area contributed by atoms with Crippen LogP contribution in [0.1, 0.15) is 31.4 Å². The smallest absolute Gasteiger partial charge is 0.306 e. The van der Waals surface area contributed by atoms with Crippen molar-refractivity contribution < 1.29 is 24.2 Å². The number of hydrogen-bond donors (Lipinski definition) is 3. The second kappa shape index (κ2) is 8.33. The van der Waals surface area contributed by atoms with Crippen molar-refractivity contribution in [3.05, 3.63) is 23.9 Å². The average molecular weight is 374 g/mol. The van der Waals surface area contributed by atoms with Crippen LogP contribution in [0.15, 0.2) is 18.2 Å². The highest BCUT2D eigenvalue weighted by atomic mass is 16.5. The number of amides is 1. The van der Waals surface area contributed by atoms with Crippen LogP contribution < -0.4 is 14.8 Å². The van der Waals surface area contributed by atoms with E-state index in [1.165, 1.54) is 0 Å². The Morgan fingerprint density at radius 1 is 1.19 bits per heavy atom. The molecular weight excluding hydrogens is 348 g/mol. The Morgan fingerprint density at radius 2 is 1.96 bits per heavy atom.